The summed E-state index contributed by atoms with van der Waals surface area (Å²) in [5.41, 5.74) is 3.58. The minimum Gasteiger partial charge on any atom is -0.423 e. The first-order valence-electron chi connectivity index (χ1n) is 8.94. The Bertz CT molecular complexity index is 1100. The topological polar surface area (TPSA) is 91.5 Å². The minimum atomic E-state index is -0.372. The zero-order valence-corrected chi connectivity index (χ0v) is 17.0. The Morgan fingerprint density at radius 2 is 1.87 bits per heavy atom. The third-order valence-corrected chi connectivity index (χ3v) is 4.33. The molecule has 0 unspecified atom stereocenters. The molecule has 1 aromatic heterocycles. The number of amides is 2. The number of aliphatic imine (C=N–C) groups is 1. The van der Waals surface area contributed by atoms with Gasteiger partial charge in [0.25, 0.3) is 6.01 Å². The van der Waals surface area contributed by atoms with Crippen molar-refractivity contribution >= 4 is 53.0 Å². The molecule has 3 N–H and O–H groups in total. The predicted molar refractivity (Wildman–Crippen MR) is 123 cm³/mol. The van der Waals surface area contributed by atoms with E-state index in [9.17, 15) is 4.79 Å². The fourth-order valence-corrected chi connectivity index (χ4v) is 2.68. The standard InChI is InChI=1S/C22H20ClN5O2/c1-4-15(12-24-3)20-13-25-22(30-20)28-19-11-18(8-5-14(19)2)27-21(29)26-17-9-6-16(23)7-10-17/h4-13H,1,3H2,2H3,(H,25,28)(H2,26,27,29)/b15-12+. The number of halogens is 1. The first kappa shape index (κ1) is 20.9. The van der Waals surface area contributed by atoms with Gasteiger partial charge in [0.1, 0.15) is 0 Å². The molecule has 2 amide bonds. The quantitative estimate of drug-likeness (QED) is 0.310. The van der Waals surface area contributed by atoms with Gasteiger partial charge in [-0.1, -0.05) is 30.3 Å². The number of aromatic nitrogens is 1. The van der Waals surface area contributed by atoms with Gasteiger partial charge in [-0.3, -0.25) is 4.99 Å². The summed E-state index contributed by atoms with van der Waals surface area (Å²) in [5, 5.41) is 9.25. The van der Waals surface area contributed by atoms with E-state index < -0.39 is 0 Å². The van der Waals surface area contributed by atoms with Crippen molar-refractivity contribution in [3.63, 3.8) is 0 Å². The molecule has 2 aromatic carbocycles. The van der Waals surface area contributed by atoms with E-state index in [2.05, 4.69) is 39.2 Å². The van der Waals surface area contributed by atoms with Crippen LogP contribution in [0.2, 0.25) is 5.02 Å². The fourth-order valence-electron chi connectivity index (χ4n) is 2.56. The second-order valence-corrected chi connectivity index (χ2v) is 6.68. The summed E-state index contributed by atoms with van der Waals surface area (Å²) in [6.45, 7) is 9.08. The van der Waals surface area contributed by atoms with Crippen molar-refractivity contribution in [1.82, 2.24) is 4.98 Å². The Morgan fingerprint density at radius 1 is 1.17 bits per heavy atom. The summed E-state index contributed by atoms with van der Waals surface area (Å²) in [4.78, 5) is 20.2. The van der Waals surface area contributed by atoms with Gasteiger partial charge >= 0.3 is 6.03 Å². The van der Waals surface area contributed by atoms with E-state index in [1.54, 1.807) is 48.7 Å². The number of hydrogen-bond donors (Lipinski definition) is 3. The van der Waals surface area contributed by atoms with Crippen LogP contribution in [0.1, 0.15) is 11.3 Å². The third kappa shape index (κ3) is 5.36. The van der Waals surface area contributed by atoms with Crippen molar-refractivity contribution in [3.05, 3.63) is 83.9 Å². The molecule has 0 bridgehead atoms. The molecule has 3 aromatic rings. The van der Waals surface area contributed by atoms with Crippen LogP contribution in [0, 0.1) is 6.92 Å². The Labute approximate surface area is 179 Å². The number of hydrogen-bond acceptors (Lipinski definition) is 5. The molecule has 1 heterocycles. The van der Waals surface area contributed by atoms with Crippen LogP contribution in [0.4, 0.5) is 27.9 Å². The van der Waals surface area contributed by atoms with Gasteiger partial charge in [-0.2, -0.15) is 0 Å². The lowest BCUT2D eigenvalue weighted by Crippen LogP contribution is -2.19. The van der Waals surface area contributed by atoms with E-state index >= 15 is 0 Å². The maximum absolute atomic E-state index is 12.3. The van der Waals surface area contributed by atoms with Crippen LogP contribution < -0.4 is 16.0 Å². The van der Waals surface area contributed by atoms with E-state index in [-0.39, 0.29) is 6.03 Å². The van der Waals surface area contributed by atoms with Crippen molar-refractivity contribution in [3.8, 4) is 0 Å². The molecular formula is C22H20ClN5O2. The molecule has 7 nitrogen and oxygen atoms in total. The average Bonchev–Trinajstić information content (AvgIpc) is 3.18. The molecule has 8 heteroatoms. The molecule has 0 saturated heterocycles. The molecule has 0 saturated carbocycles. The first-order valence-corrected chi connectivity index (χ1v) is 9.32. The summed E-state index contributed by atoms with van der Waals surface area (Å²) < 4.78 is 5.70. The zero-order valence-electron chi connectivity index (χ0n) is 16.3. The molecule has 0 fully saturated rings. The van der Waals surface area contributed by atoms with Crippen molar-refractivity contribution in [1.29, 1.82) is 0 Å². The molecule has 0 atom stereocenters. The predicted octanol–water partition coefficient (Wildman–Crippen LogP) is 6.25. The maximum Gasteiger partial charge on any atom is 0.323 e. The maximum atomic E-state index is 12.3. The van der Waals surface area contributed by atoms with Crippen molar-refractivity contribution in [2.75, 3.05) is 16.0 Å². The van der Waals surface area contributed by atoms with Crippen molar-refractivity contribution in [2.24, 2.45) is 4.99 Å². The van der Waals surface area contributed by atoms with Crippen LogP contribution in [-0.4, -0.2) is 17.7 Å². The summed E-state index contributed by atoms with van der Waals surface area (Å²) in [5.74, 6) is 0.508. The highest BCUT2D eigenvalue weighted by Crippen LogP contribution is 2.26. The van der Waals surface area contributed by atoms with Gasteiger partial charge in [0, 0.05) is 33.9 Å². The summed E-state index contributed by atoms with van der Waals surface area (Å²) in [7, 11) is 0. The van der Waals surface area contributed by atoms with Gasteiger partial charge in [-0.25, -0.2) is 9.78 Å². The molecule has 3 rings (SSSR count). The second-order valence-electron chi connectivity index (χ2n) is 6.24. The molecule has 0 aliphatic carbocycles. The highest BCUT2D eigenvalue weighted by atomic mass is 35.5. The lowest BCUT2D eigenvalue weighted by Gasteiger charge is -2.11. The van der Waals surface area contributed by atoms with Crippen molar-refractivity contribution < 1.29 is 9.21 Å². The van der Waals surface area contributed by atoms with Crippen LogP contribution in [-0.2, 0) is 0 Å². The van der Waals surface area contributed by atoms with Gasteiger partial charge < -0.3 is 20.4 Å². The van der Waals surface area contributed by atoms with Crippen LogP contribution in [0.15, 0.2) is 76.9 Å². The number of nitrogens with zero attached hydrogens (tertiary/aromatic N) is 2. The normalized spacial score (nSPS) is 10.9. The summed E-state index contributed by atoms with van der Waals surface area (Å²) in [6.07, 6.45) is 4.71. The summed E-state index contributed by atoms with van der Waals surface area (Å²) >= 11 is 5.86. The van der Waals surface area contributed by atoms with E-state index in [0.717, 1.165) is 11.3 Å². The Hall–Kier alpha value is -3.84. The fraction of sp³-hybridized carbons (Fsp3) is 0.0455. The smallest absolute Gasteiger partial charge is 0.323 e. The SMILES string of the molecule is C=C/C(=C\N=C)c1cnc(Nc2cc(NC(=O)Nc3ccc(Cl)cc3)ccc2C)o1. The lowest BCUT2D eigenvalue weighted by molar-refractivity contribution is 0.262. The van der Waals surface area contributed by atoms with Crippen LogP contribution in [0.25, 0.3) is 5.57 Å². The Balaban J connectivity index is 1.71. The summed E-state index contributed by atoms with van der Waals surface area (Å²) in [6, 6.07) is 12.2. The number of allylic oxidation sites excluding steroid dienone is 2. The average molecular weight is 422 g/mol. The number of aryl methyl sites for hydroxylation is 1. The molecule has 0 radical (unpaired) electrons. The number of anilines is 4. The monoisotopic (exact) mass is 421 g/mol. The largest absolute Gasteiger partial charge is 0.423 e. The van der Waals surface area contributed by atoms with Crippen LogP contribution in [0.5, 0.6) is 0 Å². The van der Waals surface area contributed by atoms with Gasteiger partial charge in [0.15, 0.2) is 5.76 Å². The third-order valence-electron chi connectivity index (χ3n) is 4.08. The van der Waals surface area contributed by atoms with E-state index in [0.29, 0.717) is 33.7 Å². The van der Waals surface area contributed by atoms with Gasteiger partial charge in [0.2, 0.25) is 0 Å². The highest BCUT2D eigenvalue weighted by Gasteiger charge is 2.10. The Kier molecular flexibility index (Phi) is 6.67. The zero-order chi connectivity index (χ0) is 21.5. The van der Waals surface area contributed by atoms with Crippen LogP contribution in [0.3, 0.4) is 0 Å². The highest BCUT2D eigenvalue weighted by molar-refractivity contribution is 6.30. The van der Waals surface area contributed by atoms with E-state index in [1.807, 2.05) is 13.0 Å². The Morgan fingerprint density at radius 3 is 2.57 bits per heavy atom. The van der Waals surface area contributed by atoms with Gasteiger partial charge in [0.05, 0.1) is 6.20 Å². The molecule has 0 spiro atoms. The van der Waals surface area contributed by atoms with Crippen molar-refractivity contribution in [2.45, 2.75) is 6.92 Å². The number of nitrogens with one attached hydrogen (secondary N) is 3. The molecule has 0 aliphatic heterocycles. The number of carbonyl (C=O) groups excluding carboxylic acids is 1. The van der Waals surface area contributed by atoms with E-state index in [4.69, 9.17) is 16.0 Å². The van der Waals surface area contributed by atoms with Crippen LogP contribution >= 0.6 is 11.6 Å². The number of urea groups is 1. The number of rotatable bonds is 7. The number of benzene rings is 2. The minimum absolute atomic E-state index is 0.299. The molecular weight excluding hydrogens is 402 g/mol. The second kappa shape index (κ2) is 9.58. The number of oxazole rings is 1. The van der Waals surface area contributed by atoms with E-state index in [1.165, 1.54) is 6.20 Å². The van der Waals surface area contributed by atoms with Gasteiger partial charge in [-0.15, -0.1) is 0 Å². The van der Waals surface area contributed by atoms with Gasteiger partial charge in [-0.05, 0) is 55.6 Å². The molecule has 0 aliphatic rings. The first-order chi connectivity index (χ1) is 14.5. The number of carbonyl (C=O) groups is 1. The lowest BCUT2D eigenvalue weighted by atomic mass is 10.2. The molecule has 152 valence electrons. The molecule has 30 heavy (non-hydrogen) atoms.